The second-order valence-electron chi connectivity index (χ2n) is 17.4. The highest BCUT2D eigenvalue weighted by Crippen LogP contribution is 2.39. The molecular weight excluding hydrogens is 781 g/mol. The molecule has 302 valence electrons. The Kier molecular flexibility index (Phi) is 9.31. The molecule has 0 N–H and O–H groups in total. The molecular formula is C60H43B3N2. The number of hydrogen-bond acceptors (Lipinski definition) is 0. The zero-order chi connectivity index (χ0) is 43.6. The molecule has 0 fully saturated rings. The predicted octanol–water partition coefficient (Wildman–Crippen LogP) is 11.0. The van der Waals surface area contributed by atoms with Gasteiger partial charge in [0.2, 0.25) is 0 Å². The summed E-state index contributed by atoms with van der Waals surface area (Å²) in [6.45, 7) is 0. The maximum Gasteiger partial charge on any atom is 0.141 e. The van der Waals surface area contributed by atoms with Crippen LogP contribution in [-0.4, -0.2) is 32.7 Å². The van der Waals surface area contributed by atoms with Gasteiger partial charge in [0.15, 0.2) is 0 Å². The summed E-state index contributed by atoms with van der Waals surface area (Å²) < 4.78 is 4.94. The summed E-state index contributed by atoms with van der Waals surface area (Å²) in [7, 11) is 6.97. The lowest BCUT2D eigenvalue weighted by atomic mass is 9.69. The van der Waals surface area contributed by atoms with Crippen LogP contribution < -0.4 is 16.4 Å². The van der Waals surface area contributed by atoms with Gasteiger partial charge in [0.25, 0.3) is 0 Å². The molecule has 10 aromatic carbocycles. The van der Waals surface area contributed by atoms with Crippen LogP contribution >= 0.6 is 0 Å². The standard InChI is InChI=1S/C60H43B3N2/c61-57-55(58(62)59(63)60-56(57)49-24-10-11-25-52(49)65(60)48-23-13-21-44(35-48)40-18-8-3-9-19-40)46-31-33-54-51(37-46)50-36-45(42-28-26-41(27-29-42)38-14-4-1-5-15-38)30-32-53(50)64(54)47-22-12-20-43(34-47)39-16-6-2-7-17-39/h1-37H,61-63H2. The fraction of sp³-hybridized carbons (Fsp3) is 0. The second kappa shape index (κ2) is 15.7. The van der Waals surface area contributed by atoms with Crippen molar-refractivity contribution in [1.82, 2.24) is 9.13 Å². The fourth-order valence-corrected chi connectivity index (χ4v) is 10.5. The van der Waals surface area contributed by atoms with Crippen LogP contribution in [0.5, 0.6) is 0 Å². The Morgan fingerprint density at radius 3 is 1.25 bits per heavy atom. The summed E-state index contributed by atoms with van der Waals surface area (Å²) >= 11 is 0. The van der Waals surface area contributed by atoms with Crippen molar-refractivity contribution >= 4 is 83.5 Å². The zero-order valence-corrected chi connectivity index (χ0v) is 36.8. The van der Waals surface area contributed by atoms with Gasteiger partial charge in [-0.05, 0) is 110 Å². The molecule has 65 heavy (non-hydrogen) atoms. The Labute approximate surface area is 382 Å². The molecule has 0 bridgehead atoms. The minimum atomic E-state index is 1.15. The van der Waals surface area contributed by atoms with Crippen LogP contribution in [0, 0.1) is 0 Å². The fourth-order valence-electron chi connectivity index (χ4n) is 10.5. The molecule has 0 atom stereocenters. The maximum atomic E-state index is 2.49. The lowest BCUT2D eigenvalue weighted by Crippen LogP contribution is -2.35. The summed E-state index contributed by atoms with van der Waals surface area (Å²) in [4.78, 5) is 0. The third kappa shape index (κ3) is 6.46. The zero-order valence-electron chi connectivity index (χ0n) is 36.8. The van der Waals surface area contributed by atoms with E-state index in [4.69, 9.17) is 0 Å². The van der Waals surface area contributed by atoms with Gasteiger partial charge in [-0.25, -0.2) is 0 Å². The van der Waals surface area contributed by atoms with E-state index in [-0.39, 0.29) is 0 Å². The van der Waals surface area contributed by atoms with Crippen molar-refractivity contribution in [1.29, 1.82) is 0 Å². The molecule has 0 aliphatic heterocycles. The Morgan fingerprint density at radius 2 is 0.662 bits per heavy atom. The van der Waals surface area contributed by atoms with Crippen molar-refractivity contribution in [2.24, 2.45) is 0 Å². The first-order valence-electron chi connectivity index (χ1n) is 22.6. The van der Waals surface area contributed by atoms with Crippen molar-refractivity contribution in [3.8, 4) is 67.0 Å². The normalized spacial score (nSPS) is 11.6. The minimum absolute atomic E-state index is 1.15. The van der Waals surface area contributed by atoms with E-state index in [0.29, 0.717) is 0 Å². The van der Waals surface area contributed by atoms with Gasteiger partial charge in [-0.2, -0.15) is 0 Å². The lowest BCUT2D eigenvalue weighted by molar-refractivity contribution is 1.18. The first kappa shape index (κ1) is 38.7. The van der Waals surface area contributed by atoms with Gasteiger partial charge in [-0.1, -0.05) is 186 Å². The summed E-state index contributed by atoms with van der Waals surface area (Å²) in [6.07, 6.45) is 0. The van der Waals surface area contributed by atoms with E-state index in [1.54, 1.807) is 0 Å². The van der Waals surface area contributed by atoms with Crippen LogP contribution in [-0.2, 0) is 0 Å². The highest BCUT2D eigenvalue weighted by molar-refractivity contribution is 6.60. The van der Waals surface area contributed by atoms with Gasteiger partial charge in [0.1, 0.15) is 23.5 Å². The Bertz CT molecular complexity index is 3780. The van der Waals surface area contributed by atoms with Gasteiger partial charge >= 0.3 is 0 Å². The van der Waals surface area contributed by atoms with Crippen LogP contribution in [0.3, 0.4) is 0 Å². The summed E-state index contributed by atoms with van der Waals surface area (Å²) in [5.74, 6) is 0. The van der Waals surface area contributed by atoms with Crippen molar-refractivity contribution in [3.05, 3.63) is 224 Å². The molecule has 12 rings (SSSR count). The number of fused-ring (bicyclic) bond motifs is 6. The molecule has 2 nitrogen and oxygen atoms in total. The first-order valence-corrected chi connectivity index (χ1v) is 22.6. The monoisotopic (exact) mass is 824 g/mol. The summed E-state index contributed by atoms with van der Waals surface area (Å²) in [6, 6.07) is 82.1. The maximum absolute atomic E-state index is 2.49. The van der Waals surface area contributed by atoms with Gasteiger partial charge in [-0.3, -0.25) is 0 Å². The van der Waals surface area contributed by atoms with Crippen LogP contribution in [0.1, 0.15) is 0 Å². The van der Waals surface area contributed by atoms with E-state index in [2.05, 4.69) is 257 Å². The minimum Gasteiger partial charge on any atom is -0.310 e. The number of nitrogens with zero attached hydrogens (tertiary/aromatic N) is 2. The van der Waals surface area contributed by atoms with Gasteiger partial charge in [0.05, 0.1) is 16.6 Å². The summed E-state index contributed by atoms with van der Waals surface area (Å²) in [5, 5.41) is 5.06. The molecule has 0 saturated carbocycles. The number of rotatable bonds is 7. The third-order valence-corrected chi connectivity index (χ3v) is 13.7. The van der Waals surface area contributed by atoms with E-state index in [0.717, 1.165) is 5.69 Å². The number of benzene rings is 10. The van der Waals surface area contributed by atoms with Gasteiger partial charge in [-0.15, -0.1) is 0 Å². The molecule has 0 aliphatic rings. The van der Waals surface area contributed by atoms with Crippen LogP contribution in [0.2, 0.25) is 0 Å². The Balaban J connectivity index is 1.06. The molecule has 2 heterocycles. The lowest BCUT2D eigenvalue weighted by Gasteiger charge is -2.19. The van der Waals surface area contributed by atoms with Crippen LogP contribution in [0.4, 0.5) is 0 Å². The molecule has 0 aliphatic carbocycles. The SMILES string of the molecule is Bc1c(-c2ccc3c(c2)c2cc(-c4ccc(-c5ccccc5)cc4)ccc2n3-c2cccc(-c3ccccc3)c2)c(B)c2c3ccccc3n(-c3cccc(-c4ccccc4)c3)c2c1B. The first-order chi connectivity index (χ1) is 32.0. The number of hydrogen-bond donors (Lipinski definition) is 0. The van der Waals surface area contributed by atoms with Crippen molar-refractivity contribution in [2.45, 2.75) is 0 Å². The van der Waals surface area contributed by atoms with Crippen LogP contribution in [0.25, 0.3) is 111 Å². The smallest absolute Gasteiger partial charge is 0.141 e. The van der Waals surface area contributed by atoms with E-state index >= 15 is 0 Å². The Hall–Kier alpha value is -8.01. The molecule has 2 aromatic heterocycles. The van der Waals surface area contributed by atoms with E-state index in [1.807, 2.05) is 0 Å². The quantitative estimate of drug-likeness (QED) is 0.142. The average Bonchev–Trinajstić information content (AvgIpc) is 3.90. The van der Waals surface area contributed by atoms with E-state index in [1.165, 1.54) is 121 Å². The molecule has 5 heteroatoms. The topological polar surface area (TPSA) is 9.86 Å². The van der Waals surface area contributed by atoms with Crippen molar-refractivity contribution in [2.75, 3.05) is 0 Å². The third-order valence-electron chi connectivity index (χ3n) is 13.7. The van der Waals surface area contributed by atoms with Gasteiger partial charge in [0, 0.05) is 38.4 Å². The van der Waals surface area contributed by atoms with Crippen molar-refractivity contribution in [3.63, 3.8) is 0 Å². The molecule has 0 saturated heterocycles. The predicted molar refractivity (Wildman–Crippen MR) is 287 cm³/mol. The molecule has 0 unspecified atom stereocenters. The Morgan fingerprint density at radius 1 is 0.262 bits per heavy atom. The second-order valence-corrected chi connectivity index (χ2v) is 17.4. The molecule has 0 spiro atoms. The van der Waals surface area contributed by atoms with Crippen molar-refractivity contribution < 1.29 is 0 Å². The van der Waals surface area contributed by atoms with Gasteiger partial charge < -0.3 is 9.13 Å². The highest BCUT2D eigenvalue weighted by atomic mass is 15.0. The molecule has 12 aromatic rings. The van der Waals surface area contributed by atoms with Crippen LogP contribution in [0.15, 0.2) is 224 Å². The number of para-hydroxylation sites is 1. The average molecular weight is 824 g/mol. The molecule has 0 radical (unpaired) electrons. The largest absolute Gasteiger partial charge is 0.310 e. The number of aromatic nitrogens is 2. The van der Waals surface area contributed by atoms with E-state index in [9.17, 15) is 0 Å². The highest BCUT2D eigenvalue weighted by Gasteiger charge is 2.23. The summed E-state index contributed by atoms with van der Waals surface area (Å²) in [5.41, 5.74) is 23.3. The van der Waals surface area contributed by atoms with E-state index < -0.39 is 0 Å². The molecule has 0 amide bonds.